The molecule has 2 atom stereocenters. The standard InChI is InChI=1S/C8H15O4/c1-4-7(3)12-8(10)11-5-6(2)9/h6-7H,4-5H2,1-3H3/q-1. The van der Waals surface area contributed by atoms with E-state index in [4.69, 9.17) is 4.74 Å². The summed E-state index contributed by atoms with van der Waals surface area (Å²) in [5.74, 6) is 0. The molecule has 0 rings (SSSR count). The van der Waals surface area contributed by atoms with Gasteiger partial charge in [0, 0.05) is 0 Å². The van der Waals surface area contributed by atoms with Crippen molar-refractivity contribution in [3.63, 3.8) is 0 Å². The molecule has 12 heavy (non-hydrogen) atoms. The number of carbonyl (C=O) groups excluding carboxylic acids is 1. The third kappa shape index (κ3) is 5.97. The van der Waals surface area contributed by atoms with E-state index in [0.29, 0.717) is 0 Å². The third-order valence-corrected chi connectivity index (χ3v) is 1.31. The van der Waals surface area contributed by atoms with Gasteiger partial charge in [-0.1, -0.05) is 20.0 Å². The Hall–Kier alpha value is -0.770. The molecule has 0 heterocycles. The Morgan fingerprint density at radius 1 is 1.50 bits per heavy atom. The smallest absolute Gasteiger partial charge is 0.508 e. The average molecular weight is 175 g/mol. The molecule has 72 valence electrons. The predicted octanol–water partition coefficient (Wildman–Crippen LogP) is 0.687. The lowest BCUT2D eigenvalue weighted by atomic mass is 10.3. The average Bonchev–Trinajstić information content (AvgIpc) is 2.00. The Morgan fingerprint density at radius 2 is 2.08 bits per heavy atom. The molecule has 0 aromatic carbocycles. The molecule has 0 amide bonds. The summed E-state index contributed by atoms with van der Waals surface area (Å²) in [6.07, 6.45) is -1.07. The van der Waals surface area contributed by atoms with Gasteiger partial charge < -0.3 is 14.6 Å². The molecule has 0 radical (unpaired) electrons. The second-order valence-corrected chi connectivity index (χ2v) is 2.71. The van der Waals surface area contributed by atoms with Crippen molar-refractivity contribution in [1.82, 2.24) is 0 Å². The molecule has 0 aliphatic carbocycles. The predicted molar refractivity (Wildman–Crippen MR) is 41.6 cm³/mol. The summed E-state index contributed by atoms with van der Waals surface area (Å²) in [5, 5.41) is 10.5. The van der Waals surface area contributed by atoms with Crippen molar-refractivity contribution in [3.05, 3.63) is 0 Å². The molecule has 4 heteroatoms. The zero-order valence-corrected chi connectivity index (χ0v) is 7.70. The number of rotatable bonds is 4. The minimum Gasteiger partial charge on any atom is -0.850 e. The van der Waals surface area contributed by atoms with Crippen LogP contribution in [0.15, 0.2) is 0 Å². The highest BCUT2D eigenvalue weighted by molar-refractivity contribution is 5.60. The molecule has 0 aromatic rings. The highest BCUT2D eigenvalue weighted by Gasteiger charge is 2.07. The van der Waals surface area contributed by atoms with Crippen LogP contribution in [0.3, 0.4) is 0 Å². The van der Waals surface area contributed by atoms with Crippen molar-refractivity contribution < 1.29 is 19.4 Å². The van der Waals surface area contributed by atoms with Crippen LogP contribution < -0.4 is 5.11 Å². The van der Waals surface area contributed by atoms with Crippen molar-refractivity contribution in [3.8, 4) is 0 Å². The van der Waals surface area contributed by atoms with Crippen LogP contribution >= 0.6 is 0 Å². The number of ether oxygens (including phenoxy) is 2. The van der Waals surface area contributed by atoms with Crippen LogP contribution in [0.2, 0.25) is 0 Å². The molecule has 0 spiro atoms. The summed E-state index contributed by atoms with van der Waals surface area (Å²) in [7, 11) is 0. The molecule has 0 saturated carbocycles. The van der Waals surface area contributed by atoms with Crippen molar-refractivity contribution in [1.29, 1.82) is 0 Å². The fourth-order valence-electron chi connectivity index (χ4n) is 0.467. The van der Waals surface area contributed by atoms with Crippen LogP contribution in [0.25, 0.3) is 0 Å². The lowest BCUT2D eigenvalue weighted by Gasteiger charge is -2.16. The normalized spacial score (nSPS) is 15.0. The number of hydrogen-bond acceptors (Lipinski definition) is 4. The SMILES string of the molecule is CCC(C)OC(=O)OCC(C)[O-]. The van der Waals surface area contributed by atoms with Gasteiger partial charge in [-0.15, -0.1) is 0 Å². The van der Waals surface area contributed by atoms with Gasteiger partial charge in [0.2, 0.25) is 0 Å². The summed E-state index contributed by atoms with van der Waals surface area (Å²) in [5.41, 5.74) is 0. The third-order valence-electron chi connectivity index (χ3n) is 1.31. The summed E-state index contributed by atoms with van der Waals surface area (Å²) >= 11 is 0. The van der Waals surface area contributed by atoms with Crippen LogP contribution in [0.1, 0.15) is 27.2 Å². The quantitative estimate of drug-likeness (QED) is 0.590. The second kappa shape index (κ2) is 5.83. The van der Waals surface area contributed by atoms with Crippen LogP contribution in [-0.2, 0) is 9.47 Å². The molecule has 0 aliphatic heterocycles. The highest BCUT2D eigenvalue weighted by atomic mass is 16.7. The van der Waals surface area contributed by atoms with Gasteiger partial charge in [-0.3, -0.25) is 0 Å². The van der Waals surface area contributed by atoms with E-state index in [1.807, 2.05) is 6.92 Å². The molecule has 0 saturated heterocycles. The zero-order chi connectivity index (χ0) is 9.56. The van der Waals surface area contributed by atoms with E-state index in [2.05, 4.69) is 4.74 Å². The summed E-state index contributed by atoms with van der Waals surface area (Å²) in [4.78, 5) is 10.7. The van der Waals surface area contributed by atoms with E-state index >= 15 is 0 Å². The first-order chi connectivity index (χ1) is 5.56. The van der Waals surface area contributed by atoms with Crippen molar-refractivity contribution in [2.75, 3.05) is 6.61 Å². The van der Waals surface area contributed by atoms with E-state index in [1.165, 1.54) is 6.92 Å². The van der Waals surface area contributed by atoms with Crippen LogP contribution in [0, 0.1) is 0 Å². The van der Waals surface area contributed by atoms with E-state index in [9.17, 15) is 9.90 Å². The molecule has 0 aliphatic rings. The molecular weight excluding hydrogens is 160 g/mol. The van der Waals surface area contributed by atoms with E-state index < -0.39 is 12.3 Å². The van der Waals surface area contributed by atoms with Crippen LogP contribution in [-0.4, -0.2) is 25.0 Å². The number of hydrogen-bond donors (Lipinski definition) is 0. The summed E-state index contributed by atoms with van der Waals surface area (Å²) < 4.78 is 9.25. The maximum absolute atomic E-state index is 10.7. The maximum atomic E-state index is 10.7. The Kier molecular flexibility index (Phi) is 5.45. The second-order valence-electron chi connectivity index (χ2n) is 2.71. The monoisotopic (exact) mass is 175 g/mol. The van der Waals surface area contributed by atoms with Gasteiger partial charge in [0.15, 0.2) is 0 Å². The lowest BCUT2D eigenvalue weighted by Crippen LogP contribution is -2.29. The van der Waals surface area contributed by atoms with Gasteiger partial charge in [-0.2, -0.15) is 0 Å². The van der Waals surface area contributed by atoms with Gasteiger partial charge in [0.25, 0.3) is 0 Å². The van der Waals surface area contributed by atoms with Gasteiger partial charge in [0.1, 0.15) is 6.10 Å². The molecular formula is C8H15O4-. The maximum Gasteiger partial charge on any atom is 0.508 e. The summed E-state index contributed by atoms with van der Waals surface area (Å²) in [6, 6.07) is 0. The molecule has 2 unspecified atom stereocenters. The molecule has 0 fully saturated rings. The van der Waals surface area contributed by atoms with Crippen LogP contribution in [0.4, 0.5) is 4.79 Å². The summed E-state index contributed by atoms with van der Waals surface area (Å²) in [6.45, 7) is 4.96. The Balaban J connectivity index is 3.46. The van der Waals surface area contributed by atoms with Gasteiger partial charge in [0.05, 0.1) is 6.61 Å². The van der Waals surface area contributed by atoms with Crippen molar-refractivity contribution in [2.24, 2.45) is 0 Å². The fourth-order valence-corrected chi connectivity index (χ4v) is 0.467. The zero-order valence-electron chi connectivity index (χ0n) is 7.70. The first kappa shape index (κ1) is 11.2. The molecule has 0 aromatic heterocycles. The van der Waals surface area contributed by atoms with Gasteiger partial charge >= 0.3 is 6.16 Å². The first-order valence-corrected chi connectivity index (χ1v) is 4.05. The van der Waals surface area contributed by atoms with Crippen LogP contribution in [0.5, 0.6) is 0 Å². The molecule has 4 nitrogen and oxygen atoms in total. The van der Waals surface area contributed by atoms with Crippen molar-refractivity contribution in [2.45, 2.75) is 39.4 Å². The van der Waals surface area contributed by atoms with Crippen molar-refractivity contribution >= 4 is 6.16 Å². The Labute approximate surface area is 72.5 Å². The molecule has 0 bridgehead atoms. The highest BCUT2D eigenvalue weighted by Crippen LogP contribution is 1.98. The molecule has 0 N–H and O–H groups in total. The largest absolute Gasteiger partial charge is 0.850 e. The minimum absolute atomic E-state index is 0.130. The first-order valence-electron chi connectivity index (χ1n) is 4.05. The van der Waals surface area contributed by atoms with Gasteiger partial charge in [-0.25, -0.2) is 4.79 Å². The Bertz CT molecular complexity index is 133. The van der Waals surface area contributed by atoms with E-state index in [1.54, 1.807) is 6.92 Å². The fraction of sp³-hybridized carbons (Fsp3) is 0.875. The minimum atomic E-state index is -0.894. The van der Waals surface area contributed by atoms with E-state index in [-0.39, 0.29) is 12.7 Å². The number of carbonyl (C=O) groups is 1. The van der Waals surface area contributed by atoms with Gasteiger partial charge in [-0.05, 0) is 13.3 Å². The van der Waals surface area contributed by atoms with E-state index in [0.717, 1.165) is 6.42 Å². The lowest BCUT2D eigenvalue weighted by molar-refractivity contribution is -0.419. The Morgan fingerprint density at radius 3 is 2.50 bits per heavy atom. The topological polar surface area (TPSA) is 58.6 Å².